The van der Waals surface area contributed by atoms with E-state index in [1.807, 2.05) is 13.8 Å². The molecule has 1 N–H and O–H groups in total. The van der Waals surface area contributed by atoms with Crippen molar-refractivity contribution >= 4 is 23.3 Å². The third kappa shape index (κ3) is 2.97. The van der Waals surface area contributed by atoms with Crippen LogP contribution in [0.4, 0.5) is 5.82 Å². The molecule has 5 nitrogen and oxygen atoms in total. The first kappa shape index (κ1) is 14.1. The maximum Gasteiger partial charge on any atom is 0.224 e. The highest BCUT2D eigenvalue weighted by Crippen LogP contribution is 2.27. The van der Waals surface area contributed by atoms with E-state index in [0.717, 1.165) is 30.8 Å². The molecule has 1 saturated heterocycles. The Morgan fingerprint density at radius 2 is 2.16 bits per heavy atom. The van der Waals surface area contributed by atoms with Crippen molar-refractivity contribution in [3.63, 3.8) is 0 Å². The second-order valence-electron chi connectivity index (χ2n) is 4.91. The van der Waals surface area contributed by atoms with Crippen molar-refractivity contribution in [2.24, 2.45) is 5.92 Å². The van der Waals surface area contributed by atoms with Gasteiger partial charge in [-0.2, -0.15) is 0 Å². The highest BCUT2D eigenvalue weighted by atomic mass is 35.5. The van der Waals surface area contributed by atoms with Crippen LogP contribution in [0.2, 0.25) is 5.15 Å². The average Bonchev–Trinajstić information content (AvgIpc) is 2.42. The number of carbonyl (C=O) groups excluding carboxylic acids is 1. The van der Waals surface area contributed by atoms with Crippen LogP contribution in [0.5, 0.6) is 0 Å². The second-order valence-corrected chi connectivity index (χ2v) is 5.27. The Morgan fingerprint density at radius 3 is 2.84 bits per heavy atom. The van der Waals surface area contributed by atoms with Crippen molar-refractivity contribution < 1.29 is 4.79 Å². The third-order valence-corrected chi connectivity index (χ3v) is 3.88. The number of piperidine rings is 1. The van der Waals surface area contributed by atoms with Gasteiger partial charge in [0.1, 0.15) is 16.8 Å². The van der Waals surface area contributed by atoms with Crippen molar-refractivity contribution in [3.8, 4) is 0 Å². The van der Waals surface area contributed by atoms with E-state index in [1.54, 1.807) is 7.05 Å². The van der Waals surface area contributed by atoms with Gasteiger partial charge in [-0.15, -0.1) is 0 Å². The molecule has 0 spiro atoms. The van der Waals surface area contributed by atoms with Gasteiger partial charge in [0.25, 0.3) is 0 Å². The molecule has 1 unspecified atom stereocenters. The molecule has 104 valence electrons. The highest BCUT2D eigenvalue weighted by Gasteiger charge is 2.27. The van der Waals surface area contributed by atoms with Gasteiger partial charge in [0.15, 0.2) is 0 Å². The molecule has 0 radical (unpaired) electrons. The summed E-state index contributed by atoms with van der Waals surface area (Å²) in [5, 5.41) is 3.21. The molecule has 0 aromatic carbocycles. The molecule has 19 heavy (non-hydrogen) atoms. The molecule has 1 aliphatic heterocycles. The number of aryl methyl sites for hydroxylation is 1. The number of halogens is 1. The Hall–Kier alpha value is -1.36. The van der Waals surface area contributed by atoms with Gasteiger partial charge in [0.05, 0.1) is 5.92 Å². The van der Waals surface area contributed by atoms with Gasteiger partial charge < -0.3 is 10.2 Å². The number of carbonyl (C=O) groups is 1. The lowest BCUT2D eigenvalue weighted by Gasteiger charge is -2.33. The van der Waals surface area contributed by atoms with E-state index in [2.05, 4.69) is 20.2 Å². The molecule has 0 bridgehead atoms. The number of nitrogens with zero attached hydrogens (tertiary/aromatic N) is 3. The predicted molar refractivity (Wildman–Crippen MR) is 75.5 cm³/mol. The summed E-state index contributed by atoms with van der Waals surface area (Å²) in [5.74, 6) is 1.63. The van der Waals surface area contributed by atoms with Crippen LogP contribution < -0.4 is 10.2 Å². The first-order valence-corrected chi connectivity index (χ1v) is 6.88. The van der Waals surface area contributed by atoms with Gasteiger partial charge in [-0.05, 0) is 26.7 Å². The van der Waals surface area contributed by atoms with Crippen molar-refractivity contribution in [2.45, 2.75) is 26.7 Å². The molecule has 1 atom stereocenters. The van der Waals surface area contributed by atoms with E-state index in [0.29, 0.717) is 17.5 Å². The molecule has 2 rings (SSSR count). The molecular weight excluding hydrogens is 264 g/mol. The van der Waals surface area contributed by atoms with E-state index in [-0.39, 0.29) is 11.8 Å². The Labute approximate surface area is 118 Å². The van der Waals surface area contributed by atoms with E-state index in [9.17, 15) is 4.79 Å². The van der Waals surface area contributed by atoms with Crippen LogP contribution in [0.1, 0.15) is 24.2 Å². The lowest BCUT2D eigenvalue weighted by molar-refractivity contribution is -0.124. The summed E-state index contributed by atoms with van der Waals surface area (Å²) in [6.07, 6.45) is 1.91. The molecule has 2 heterocycles. The summed E-state index contributed by atoms with van der Waals surface area (Å²) in [4.78, 5) is 22.5. The van der Waals surface area contributed by atoms with Crippen LogP contribution in [-0.2, 0) is 4.79 Å². The van der Waals surface area contributed by atoms with Crippen LogP contribution in [0.15, 0.2) is 0 Å². The fourth-order valence-electron chi connectivity index (χ4n) is 2.48. The lowest BCUT2D eigenvalue weighted by atomic mass is 9.97. The number of nitrogens with one attached hydrogen (secondary N) is 1. The minimum atomic E-state index is 0.0206. The lowest BCUT2D eigenvalue weighted by Crippen LogP contribution is -2.42. The van der Waals surface area contributed by atoms with E-state index in [4.69, 9.17) is 11.6 Å². The monoisotopic (exact) mass is 282 g/mol. The van der Waals surface area contributed by atoms with E-state index in [1.165, 1.54) is 0 Å². The SMILES string of the molecule is CNC(=O)C1CCCN(c2nc(C)nc(Cl)c2C)C1. The zero-order valence-electron chi connectivity index (χ0n) is 11.5. The minimum Gasteiger partial charge on any atom is -0.359 e. The first-order chi connectivity index (χ1) is 9.02. The molecule has 1 aromatic heterocycles. The van der Waals surface area contributed by atoms with Crippen molar-refractivity contribution in [2.75, 3.05) is 25.0 Å². The Morgan fingerprint density at radius 1 is 1.42 bits per heavy atom. The number of amides is 1. The summed E-state index contributed by atoms with van der Waals surface area (Å²) >= 11 is 6.11. The predicted octanol–water partition coefficient (Wildman–Crippen LogP) is 1.71. The van der Waals surface area contributed by atoms with Gasteiger partial charge in [-0.1, -0.05) is 11.6 Å². The normalized spacial score (nSPS) is 19.4. The molecule has 6 heteroatoms. The highest BCUT2D eigenvalue weighted by molar-refractivity contribution is 6.30. The van der Waals surface area contributed by atoms with Gasteiger partial charge in [0, 0.05) is 25.7 Å². The second kappa shape index (κ2) is 5.74. The van der Waals surface area contributed by atoms with Crippen molar-refractivity contribution in [3.05, 3.63) is 16.5 Å². The molecular formula is C13H19ClN4O. The topological polar surface area (TPSA) is 58.1 Å². The summed E-state index contributed by atoms with van der Waals surface area (Å²) in [5.41, 5.74) is 0.879. The van der Waals surface area contributed by atoms with E-state index < -0.39 is 0 Å². The smallest absolute Gasteiger partial charge is 0.224 e. The summed E-state index contributed by atoms with van der Waals surface area (Å²) < 4.78 is 0. The summed E-state index contributed by atoms with van der Waals surface area (Å²) in [6.45, 7) is 5.34. The van der Waals surface area contributed by atoms with Crippen LogP contribution >= 0.6 is 11.6 Å². The fraction of sp³-hybridized carbons (Fsp3) is 0.615. The van der Waals surface area contributed by atoms with Gasteiger partial charge in [-0.3, -0.25) is 4.79 Å². The molecule has 0 saturated carbocycles. The van der Waals surface area contributed by atoms with Crippen LogP contribution in [0.25, 0.3) is 0 Å². The maximum atomic E-state index is 11.8. The largest absolute Gasteiger partial charge is 0.359 e. The Bertz CT molecular complexity index is 492. The number of aromatic nitrogens is 2. The van der Waals surface area contributed by atoms with Crippen molar-refractivity contribution in [1.82, 2.24) is 15.3 Å². The molecule has 1 aromatic rings. The quantitative estimate of drug-likeness (QED) is 0.839. The standard InChI is InChI=1S/C13H19ClN4O/c1-8-11(14)16-9(2)17-12(8)18-6-4-5-10(7-18)13(19)15-3/h10H,4-7H2,1-3H3,(H,15,19). The van der Waals surface area contributed by atoms with E-state index >= 15 is 0 Å². The fourth-order valence-corrected chi connectivity index (χ4v) is 2.68. The molecule has 1 aliphatic rings. The molecule has 0 aliphatic carbocycles. The number of hydrogen-bond acceptors (Lipinski definition) is 4. The zero-order chi connectivity index (χ0) is 14.0. The van der Waals surface area contributed by atoms with Gasteiger partial charge >= 0.3 is 0 Å². The summed E-state index contributed by atoms with van der Waals surface area (Å²) in [6, 6.07) is 0. The minimum absolute atomic E-state index is 0.0206. The number of rotatable bonds is 2. The zero-order valence-corrected chi connectivity index (χ0v) is 12.3. The van der Waals surface area contributed by atoms with Gasteiger partial charge in [0.2, 0.25) is 5.91 Å². The average molecular weight is 283 g/mol. The maximum absolute atomic E-state index is 11.8. The summed E-state index contributed by atoms with van der Waals surface area (Å²) in [7, 11) is 1.68. The third-order valence-electron chi connectivity index (χ3n) is 3.51. The van der Waals surface area contributed by atoms with Crippen molar-refractivity contribution in [1.29, 1.82) is 0 Å². The number of anilines is 1. The Kier molecular flexibility index (Phi) is 4.24. The number of hydrogen-bond donors (Lipinski definition) is 1. The Balaban J connectivity index is 2.24. The van der Waals surface area contributed by atoms with Crippen LogP contribution in [0, 0.1) is 19.8 Å². The van der Waals surface area contributed by atoms with Gasteiger partial charge in [-0.25, -0.2) is 9.97 Å². The molecule has 1 amide bonds. The molecule has 1 fully saturated rings. The first-order valence-electron chi connectivity index (χ1n) is 6.50. The van der Waals surface area contributed by atoms with Crippen LogP contribution in [0.3, 0.4) is 0 Å². The van der Waals surface area contributed by atoms with Crippen LogP contribution in [-0.4, -0.2) is 36.0 Å².